The maximum atomic E-state index is 11.8. The summed E-state index contributed by atoms with van der Waals surface area (Å²) >= 11 is 0. The summed E-state index contributed by atoms with van der Waals surface area (Å²) in [5.41, 5.74) is 1.29. The number of pyridine rings is 1. The number of aliphatic hydroxyl groups excluding tert-OH is 1. The van der Waals surface area contributed by atoms with Crippen LogP contribution in [0.2, 0.25) is 0 Å². The Balaban J connectivity index is 2.26. The molecule has 0 fully saturated rings. The number of hydrogen-bond donors (Lipinski definition) is 2. The summed E-state index contributed by atoms with van der Waals surface area (Å²) in [4.78, 5) is 4.34. The normalized spacial score (nSPS) is 13.4. The maximum absolute atomic E-state index is 11.8. The number of hydrogen-bond acceptors (Lipinski definition) is 6. The molecular formula is C19H26N2O4S. The minimum Gasteiger partial charge on any atom is -0.487 e. The Bertz CT molecular complexity index is 830. The van der Waals surface area contributed by atoms with E-state index in [1.54, 1.807) is 12.1 Å². The predicted molar refractivity (Wildman–Crippen MR) is 101 cm³/mol. The van der Waals surface area contributed by atoms with Crippen molar-refractivity contribution in [3.63, 3.8) is 0 Å². The third-order valence-electron chi connectivity index (χ3n) is 3.44. The molecule has 2 rings (SSSR count). The summed E-state index contributed by atoms with van der Waals surface area (Å²) < 4.78 is 29.3. The van der Waals surface area contributed by atoms with Gasteiger partial charge in [0.1, 0.15) is 18.6 Å². The van der Waals surface area contributed by atoms with Crippen molar-refractivity contribution < 1.29 is 18.3 Å². The van der Waals surface area contributed by atoms with Crippen LogP contribution in [-0.4, -0.2) is 30.3 Å². The van der Waals surface area contributed by atoms with E-state index in [2.05, 4.69) is 10.3 Å². The Morgan fingerprint density at radius 2 is 1.81 bits per heavy atom. The minimum absolute atomic E-state index is 0.257. The third kappa shape index (κ3) is 6.74. The van der Waals surface area contributed by atoms with E-state index < -0.39 is 16.1 Å². The molecule has 0 aliphatic heterocycles. The zero-order valence-electron chi connectivity index (χ0n) is 15.6. The van der Waals surface area contributed by atoms with Gasteiger partial charge in [-0.15, -0.1) is 0 Å². The first-order valence-electron chi connectivity index (χ1n) is 8.33. The molecule has 1 aromatic heterocycles. The Labute approximate surface area is 155 Å². The average Bonchev–Trinajstić information content (AvgIpc) is 2.51. The molecule has 0 amide bonds. The van der Waals surface area contributed by atoms with Crippen molar-refractivity contribution in [1.29, 1.82) is 0 Å². The van der Waals surface area contributed by atoms with Crippen LogP contribution in [0, 0.1) is 0 Å². The molecule has 2 aromatic rings. The van der Waals surface area contributed by atoms with Gasteiger partial charge in [-0.1, -0.05) is 30.3 Å². The van der Waals surface area contributed by atoms with Crippen molar-refractivity contribution in [3.8, 4) is 5.75 Å². The number of nitrogens with zero attached hydrogens (tertiary/aromatic N) is 1. The van der Waals surface area contributed by atoms with Crippen molar-refractivity contribution in [2.24, 2.45) is 0 Å². The molecule has 0 radical (unpaired) electrons. The largest absolute Gasteiger partial charge is 0.487 e. The van der Waals surface area contributed by atoms with Gasteiger partial charge in [-0.2, -0.15) is 0 Å². The zero-order valence-corrected chi connectivity index (χ0v) is 16.4. The van der Waals surface area contributed by atoms with Gasteiger partial charge in [-0.3, -0.25) is 5.32 Å². The molecule has 0 saturated carbocycles. The lowest BCUT2D eigenvalue weighted by molar-refractivity contribution is 0.102. The van der Waals surface area contributed by atoms with Crippen LogP contribution >= 0.6 is 0 Å². The number of rotatable bonds is 7. The molecule has 0 aliphatic carbocycles. The fourth-order valence-corrected chi connectivity index (χ4v) is 3.06. The number of benzene rings is 1. The van der Waals surface area contributed by atoms with Crippen molar-refractivity contribution in [2.75, 3.05) is 6.26 Å². The lowest BCUT2D eigenvalue weighted by Gasteiger charge is -2.25. The van der Waals surface area contributed by atoms with E-state index in [1.165, 1.54) is 0 Å². The van der Waals surface area contributed by atoms with Crippen LogP contribution in [0.3, 0.4) is 0 Å². The average molecular weight is 378 g/mol. The standard InChI is InChI=1S/C19H26N2O4S/c1-19(2,3)21-18(22)15-10-11-17(16(20-15)13-26(4,23)24)25-12-14-8-6-5-7-9-14/h5-11,18,21-22H,12-13H2,1-4H3. The number of nitrogens with one attached hydrogen (secondary N) is 1. The smallest absolute Gasteiger partial charge is 0.153 e. The van der Waals surface area contributed by atoms with E-state index in [0.29, 0.717) is 18.1 Å². The summed E-state index contributed by atoms with van der Waals surface area (Å²) in [6.45, 7) is 6.07. The van der Waals surface area contributed by atoms with Crippen molar-refractivity contribution in [1.82, 2.24) is 10.3 Å². The second kappa shape index (κ2) is 8.16. The fourth-order valence-electron chi connectivity index (χ4n) is 2.36. The van der Waals surface area contributed by atoms with Gasteiger partial charge in [0.25, 0.3) is 0 Å². The molecule has 1 aromatic carbocycles. The molecule has 142 valence electrons. The molecular weight excluding hydrogens is 352 g/mol. The van der Waals surface area contributed by atoms with Gasteiger partial charge >= 0.3 is 0 Å². The van der Waals surface area contributed by atoms with Crippen LogP contribution in [0.4, 0.5) is 0 Å². The molecule has 0 saturated heterocycles. The predicted octanol–water partition coefficient (Wildman–Crippen LogP) is 2.58. The highest BCUT2D eigenvalue weighted by atomic mass is 32.2. The Morgan fingerprint density at radius 3 is 2.38 bits per heavy atom. The van der Waals surface area contributed by atoms with Crippen LogP contribution in [0.5, 0.6) is 5.75 Å². The molecule has 0 aliphatic rings. The van der Waals surface area contributed by atoms with E-state index in [0.717, 1.165) is 11.8 Å². The summed E-state index contributed by atoms with van der Waals surface area (Å²) in [6, 6.07) is 12.9. The Kier molecular flexibility index (Phi) is 6.39. The zero-order chi connectivity index (χ0) is 19.4. The minimum atomic E-state index is -3.30. The van der Waals surface area contributed by atoms with Crippen molar-refractivity contribution in [2.45, 2.75) is 44.9 Å². The van der Waals surface area contributed by atoms with Gasteiger partial charge in [-0.25, -0.2) is 13.4 Å². The van der Waals surface area contributed by atoms with E-state index in [9.17, 15) is 13.5 Å². The molecule has 2 N–H and O–H groups in total. The summed E-state index contributed by atoms with van der Waals surface area (Å²) in [5.74, 6) is 0.138. The SMILES string of the molecule is CC(C)(C)NC(O)c1ccc(OCc2ccccc2)c(CS(C)(=O)=O)n1. The molecule has 7 heteroatoms. The lowest BCUT2D eigenvalue weighted by Crippen LogP contribution is -2.39. The Hall–Kier alpha value is -1.96. The van der Waals surface area contributed by atoms with Crippen LogP contribution in [0.25, 0.3) is 0 Å². The van der Waals surface area contributed by atoms with Gasteiger partial charge in [0.15, 0.2) is 9.84 Å². The monoisotopic (exact) mass is 378 g/mol. The van der Waals surface area contributed by atoms with Gasteiger partial charge in [-0.05, 0) is 38.5 Å². The first-order chi connectivity index (χ1) is 12.0. The first kappa shape index (κ1) is 20.4. The molecule has 1 unspecified atom stereocenters. The van der Waals surface area contributed by atoms with Gasteiger partial charge < -0.3 is 9.84 Å². The van der Waals surface area contributed by atoms with Crippen LogP contribution in [0.15, 0.2) is 42.5 Å². The van der Waals surface area contributed by atoms with E-state index in [-0.39, 0.29) is 17.0 Å². The number of aromatic nitrogens is 1. The fraction of sp³-hybridized carbons (Fsp3) is 0.421. The molecule has 1 atom stereocenters. The second-order valence-corrected chi connectivity index (χ2v) is 9.46. The van der Waals surface area contributed by atoms with Crippen LogP contribution in [0.1, 0.15) is 44.0 Å². The third-order valence-corrected chi connectivity index (χ3v) is 4.24. The topological polar surface area (TPSA) is 88.5 Å². The first-order valence-corrected chi connectivity index (χ1v) is 10.4. The highest BCUT2D eigenvalue weighted by Crippen LogP contribution is 2.23. The lowest BCUT2D eigenvalue weighted by atomic mass is 10.1. The maximum Gasteiger partial charge on any atom is 0.153 e. The second-order valence-electron chi connectivity index (χ2n) is 7.32. The molecule has 6 nitrogen and oxygen atoms in total. The van der Waals surface area contributed by atoms with E-state index in [1.807, 2.05) is 51.1 Å². The van der Waals surface area contributed by atoms with Crippen molar-refractivity contribution >= 4 is 9.84 Å². The summed E-state index contributed by atoms with van der Waals surface area (Å²) in [7, 11) is -3.30. The number of ether oxygens (including phenoxy) is 1. The van der Waals surface area contributed by atoms with Gasteiger partial charge in [0.2, 0.25) is 0 Å². The number of sulfone groups is 1. The molecule has 0 spiro atoms. The quantitative estimate of drug-likeness (QED) is 0.720. The van der Waals surface area contributed by atoms with Crippen molar-refractivity contribution in [3.05, 3.63) is 59.4 Å². The number of aliphatic hydroxyl groups is 1. The van der Waals surface area contributed by atoms with Crippen LogP contribution < -0.4 is 10.1 Å². The highest BCUT2D eigenvalue weighted by molar-refractivity contribution is 7.89. The Morgan fingerprint density at radius 1 is 1.15 bits per heavy atom. The van der Waals surface area contributed by atoms with Crippen LogP contribution in [-0.2, 0) is 22.2 Å². The summed E-state index contributed by atoms with van der Waals surface area (Å²) in [5, 5.41) is 13.3. The van der Waals surface area contributed by atoms with Gasteiger partial charge in [0.05, 0.1) is 17.1 Å². The molecule has 1 heterocycles. The molecule has 26 heavy (non-hydrogen) atoms. The molecule has 0 bridgehead atoms. The highest BCUT2D eigenvalue weighted by Gasteiger charge is 2.20. The summed E-state index contributed by atoms with van der Waals surface area (Å²) in [6.07, 6.45) is 0.142. The van der Waals surface area contributed by atoms with Gasteiger partial charge in [0, 0.05) is 11.8 Å². The van der Waals surface area contributed by atoms with E-state index in [4.69, 9.17) is 4.74 Å². The van der Waals surface area contributed by atoms with E-state index >= 15 is 0 Å².